The summed E-state index contributed by atoms with van der Waals surface area (Å²) in [6.45, 7) is 3.49. The maximum absolute atomic E-state index is 12.4. The average Bonchev–Trinajstić information content (AvgIpc) is 2.50. The van der Waals surface area contributed by atoms with E-state index in [1.54, 1.807) is 19.1 Å². The van der Waals surface area contributed by atoms with Gasteiger partial charge in [0.15, 0.2) is 0 Å². The van der Waals surface area contributed by atoms with Crippen molar-refractivity contribution < 1.29 is 9.90 Å². The van der Waals surface area contributed by atoms with Crippen molar-refractivity contribution >= 4 is 11.6 Å². The molecule has 0 radical (unpaired) electrons. The Morgan fingerprint density at radius 3 is 2.48 bits per heavy atom. The molecule has 0 spiro atoms. The minimum atomic E-state index is -0.835. The highest BCUT2D eigenvalue weighted by atomic mass is 16.3. The summed E-state index contributed by atoms with van der Waals surface area (Å²) in [5.74, 6) is -0.262. The van der Waals surface area contributed by atoms with Crippen LogP contribution in [-0.4, -0.2) is 17.6 Å². The molecule has 2 aromatic carbocycles. The molecule has 0 aliphatic rings. The number of aliphatic hydroxyl groups is 1. The molecule has 4 N–H and O–H groups in total. The molecular weight excluding hydrogens is 264 g/mol. The summed E-state index contributed by atoms with van der Waals surface area (Å²) in [7, 11) is 0. The first kappa shape index (κ1) is 15.1. The molecule has 21 heavy (non-hydrogen) atoms. The van der Waals surface area contributed by atoms with Crippen molar-refractivity contribution in [1.82, 2.24) is 5.32 Å². The number of amides is 1. The summed E-state index contributed by atoms with van der Waals surface area (Å²) in [5.41, 5.74) is 7.84. The number of benzene rings is 2. The molecule has 0 aliphatic heterocycles. The van der Waals surface area contributed by atoms with Crippen LogP contribution in [0.3, 0.4) is 0 Å². The minimum Gasteiger partial charge on any atom is -0.398 e. The molecule has 0 aromatic heterocycles. The Morgan fingerprint density at radius 2 is 1.90 bits per heavy atom. The van der Waals surface area contributed by atoms with Crippen molar-refractivity contribution in [3.05, 3.63) is 65.2 Å². The van der Waals surface area contributed by atoms with E-state index < -0.39 is 5.54 Å². The van der Waals surface area contributed by atoms with Gasteiger partial charge in [-0.1, -0.05) is 36.4 Å². The molecule has 0 fully saturated rings. The number of nitrogens with two attached hydrogens (primary N) is 1. The summed E-state index contributed by atoms with van der Waals surface area (Å²) in [4.78, 5) is 12.4. The van der Waals surface area contributed by atoms with Gasteiger partial charge in [-0.3, -0.25) is 4.79 Å². The van der Waals surface area contributed by atoms with Crippen LogP contribution in [0.1, 0.15) is 28.4 Å². The van der Waals surface area contributed by atoms with Crippen LogP contribution < -0.4 is 11.1 Å². The van der Waals surface area contributed by atoms with Gasteiger partial charge in [-0.25, -0.2) is 0 Å². The monoisotopic (exact) mass is 284 g/mol. The Kier molecular flexibility index (Phi) is 4.29. The Hall–Kier alpha value is -2.33. The van der Waals surface area contributed by atoms with Crippen molar-refractivity contribution in [3.8, 4) is 0 Å². The number of nitrogens with one attached hydrogen (secondary N) is 1. The molecule has 0 bridgehead atoms. The van der Waals surface area contributed by atoms with E-state index in [1.165, 1.54) is 0 Å². The molecular formula is C17H20N2O2. The van der Waals surface area contributed by atoms with Crippen molar-refractivity contribution in [2.24, 2.45) is 0 Å². The second kappa shape index (κ2) is 5.97. The second-order valence-electron chi connectivity index (χ2n) is 5.38. The van der Waals surface area contributed by atoms with Crippen LogP contribution in [0.15, 0.2) is 48.5 Å². The van der Waals surface area contributed by atoms with Crippen molar-refractivity contribution in [3.63, 3.8) is 0 Å². The van der Waals surface area contributed by atoms with E-state index >= 15 is 0 Å². The number of nitrogen functional groups attached to an aromatic ring is 1. The van der Waals surface area contributed by atoms with Gasteiger partial charge in [-0.2, -0.15) is 0 Å². The Bertz CT molecular complexity index is 640. The highest BCUT2D eigenvalue weighted by Crippen LogP contribution is 2.21. The Labute approximate surface area is 124 Å². The summed E-state index contributed by atoms with van der Waals surface area (Å²) < 4.78 is 0. The fourth-order valence-electron chi connectivity index (χ4n) is 2.11. The molecule has 2 rings (SSSR count). The van der Waals surface area contributed by atoms with E-state index in [-0.39, 0.29) is 12.5 Å². The van der Waals surface area contributed by atoms with E-state index in [0.717, 1.165) is 11.1 Å². The highest BCUT2D eigenvalue weighted by molar-refractivity contribution is 5.95. The zero-order valence-corrected chi connectivity index (χ0v) is 12.3. The second-order valence-corrected chi connectivity index (χ2v) is 5.38. The summed E-state index contributed by atoms with van der Waals surface area (Å²) >= 11 is 0. The molecule has 0 aliphatic carbocycles. The summed E-state index contributed by atoms with van der Waals surface area (Å²) in [6, 6.07) is 14.6. The molecule has 2 aromatic rings. The van der Waals surface area contributed by atoms with Crippen molar-refractivity contribution in [2.45, 2.75) is 19.4 Å². The fraction of sp³-hybridized carbons (Fsp3) is 0.235. The summed E-state index contributed by atoms with van der Waals surface area (Å²) in [5, 5.41) is 12.6. The van der Waals surface area contributed by atoms with E-state index in [0.29, 0.717) is 11.3 Å². The molecule has 4 heteroatoms. The highest BCUT2D eigenvalue weighted by Gasteiger charge is 2.28. The zero-order chi connectivity index (χ0) is 15.5. The third-order valence-corrected chi connectivity index (χ3v) is 3.66. The predicted molar refractivity (Wildman–Crippen MR) is 83.9 cm³/mol. The maximum Gasteiger partial charge on any atom is 0.252 e. The van der Waals surface area contributed by atoms with Gasteiger partial charge in [-0.05, 0) is 37.1 Å². The van der Waals surface area contributed by atoms with Gasteiger partial charge in [0.25, 0.3) is 5.91 Å². The Balaban J connectivity index is 2.26. The number of rotatable bonds is 4. The first-order valence-corrected chi connectivity index (χ1v) is 6.81. The van der Waals surface area contributed by atoms with E-state index in [2.05, 4.69) is 5.32 Å². The molecule has 1 amide bonds. The van der Waals surface area contributed by atoms with E-state index in [1.807, 2.05) is 43.3 Å². The first-order valence-electron chi connectivity index (χ1n) is 6.81. The van der Waals surface area contributed by atoms with E-state index in [4.69, 9.17) is 5.73 Å². The van der Waals surface area contributed by atoms with Crippen LogP contribution >= 0.6 is 0 Å². The number of carbonyl (C=O) groups excluding carboxylic acids is 1. The normalized spacial score (nSPS) is 13.5. The quantitative estimate of drug-likeness (QED) is 0.754. The van der Waals surface area contributed by atoms with Crippen molar-refractivity contribution in [1.29, 1.82) is 0 Å². The van der Waals surface area contributed by atoms with Crippen LogP contribution in [0.25, 0.3) is 0 Å². The molecule has 1 atom stereocenters. The lowest BCUT2D eigenvalue weighted by atomic mass is 9.92. The van der Waals surface area contributed by atoms with Gasteiger partial charge < -0.3 is 16.2 Å². The lowest BCUT2D eigenvalue weighted by Crippen LogP contribution is -2.46. The molecule has 0 saturated heterocycles. The molecule has 110 valence electrons. The van der Waals surface area contributed by atoms with Crippen LogP contribution in [0, 0.1) is 6.92 Å². The fourth-order valence-corrected chi connectivity index (χ4v) is 2.11. The number of carbonyl (C=O) groups is 1. The van der Waals surface area contributed by atoms with Gasteiger partial charge in [0.05, 0.1) is 12.1 Å². The third kappa shape index (κ3) is 3.23. The van der Waals surface area contributed by atoms with Gasteiger partial charge in [-0.15, -0.1) is 0 Å². The number of anilines is 1. The number of aryl methyl sites for hydroxylation is 1. The lowest BCUT2D eigenvalue weighted by molar-refractivity contribution is 0.0849. The van der Waals surface area contributed by atoms with Crippen LogP contribution in [0.4, 0.5) is 5.69 Å². The van der Waals surface area contributed by atoms with Gasteiger partial charge in [0, 0.05) is 11.3 Å². The number of aliphatic hydroxyl groups excluding tert-OH is 1. The first-order chi connectivity index (χ1) is 9.96. The smallest absolute Gasteiger partial charge is 0.252 e. The predicted octanol–water partition coefficient (Wildman–Crippen LogP) is 2.21. The third-order valence-electron chi connectivity index (χ3n) is 3.66. The van der Waals surface area contributed by atoms with Crippen LogP contribution in [-0.2, 0) is 5.54 Å². The van der Waals surface area contributed by atoms with E-state index in [9.17, 15) is 9.90 Å². The topological polar surface area (TPSA) is 75.3 Å². The zero-order valence-electron chi connectivity index (χ0n) is 12.3. The van der Waals surface area contributed by atoms with Gasteiger partial charge in [0.1, 0.15) is 0 Å². The maximum atomic E-state index is 12.4. The average molecular weight is 284 g/mol. The molecule has 4 nitrogen and oxygen atoms in total. The van der Waals surface area contributed by atoms with Crippen LogP contribution in [0.2, 0.25) is 0 Å². The SMILES string of the molecule is Cc1ccc(C(=O)NC(C)(CO)c2ccccc2)cc1N. The minimum absolute atomic E-state index is 0.190. The largest absolute Gasteiger partial charge is 0.398 e. The van der Waals surface area contributed by atoms with Gasteiger partial charge in [0.2, 0.25) is 0 Å². The molecule has 1 unspecified atom stereocenters. The molecule has 0 heterocycles. The Morgan fingerprint density at radius 1 is 1.24 bits per heavy atom. The van der Waals surface area contributed by atoms with Gasteiger partial charge >= 0.3 is 0 Å². The summed E-state index contributed by atoms with van der Waals surface area (Å²) in [6.07, 6.45) is 0. The standard InChI is InChI=1S/C17H20N2O2/c1-12-8-9-13(10-15(12)18)16(21)19-17(2,11-20)14-6-4-3-5-7-14/h3-10,20H,11,18H2,1-2H3,(H,19,21). The van der Waals surface area contributed by atoms with Crippen LogP contribution in [0.5, 0.6) is 0 Å². The molecule has 0 saturated carbocycles. The number of hydrogen-bond acceptors (Lipinski definition) is 3. The number of hydrogen-bond donors (Lipinski definition) is 3. The lowest BCUT2D eigenvalue weighted by Gasteiger charge is -2.29. The van der Waals surface area contributed by atoms with Crippen molar-refractivity contribution in [2.75, 3.05) is 12.3 Å².